The van der Waals surface area contributed by atoms with Crippen LogP contribution in [0.5, 0.6) is 0 Å². The lowest BCUT2D eigenvalue weighted by atomic mass is 10.0. The zero-order chi connectivity index (χ0) is 14.9. The Hall–Kier alpha value is -0.330. The number of aliphatic hydroxyl groups is 5. The summed E-state index contributed by atoms with van der Waals surface area (Å²) in [7, 11) is -2.09. The highest BCUT2D eigenvalue weighted by Gasteiger charge is 2.29. The summed E-state index contributed by atoms with van der Waals surface area (Å²) < 4.78 is 25.9. The molecule has 0 saturated carbocycles. The van der Waals surface area contributed by atoms with Crippen molar-refractivity contribution in [1.82, 2.24) is 5.32 Å². The van der Waals surface area contributed by atoms with Crippen LogP contribution in [0.3, 0.4) is 0 Å². The van der Waals surface area contributed by atoms with Crippen LogP contribution in [0.4, 0.5) is 0 Å². The summed E-state index contributed by atoms with van der Waals surface area (Å²) in [5.74, 6) is 0. The fourth-order valence-corrected chi connectivity index (χ4v) is 0.893. The van der Waals surface area contributed by atoms with Crippen molar-refractivity contribution in [3.05, 3.63) is 0 Å². The van der Waals surface area contributed by atoms with Crippen LogP contribution in [-0.2, 0) is 10.1 Å². The third-order valence-corrected chi connectivity index (χ3v) is 1.74. The molecule has 0 saturated heterocycles. The highest BCUT2D eigenvalue weighted by molar-refractivity contribution is 7.85. The van der Waals surface area contributed by atoms with Crippen molar-refractivity contribution in [2.75, 3.05) is 26.5 Å². The molecule has 9 nitrogen and oxygen atoms in total. The van der Waals surface area contributed by atoms with Gasteiger partial charge in [-0.3, -0.25) is 4.55 Å². The first kappa shape index (κ1) is 20.0. The molecule has 0 aliphatic rings. The predicted octanol–water partition coefficient (Wildman–Crippen LogP) is -3.85. The first-order valence-electron chi connectivity index (χ1n) is 4.94. The van der Waals surface area contributed by atoms with E-state index in [9.17, 15) is 13.5 Å². The predicted molar refractivity (Wildman–Crippen MR) is 62.5 cm³/mol. The second-order valence-corrected chi connectivity index (χ2v) is 5.06. The van der Waals surface area contributed by atoms with E-state index in [0.29, 0.717) is 6.26 Å². The van der Waals surface area contributed by atoms with Crippen molar-refractivity contribution in [3.63, 3.8) is 0 Å². The lowest BCUT2D eigenvalue weighted by Gasteiger charge is -2.25. The third kappa shape index (κ3) is 12.1. The Labute approximate surface area is 105 Å². The second kappa shape index (κ2) is 9.58. The van der Waals surface area contributed by atoms with Crippen molar-refractivity contribution in [1.29, 1.82) is 0 Å². The Morgan fingerprint density at radius 3 is 1.67 bits per heavy atom. The smallest absolute Gasteiger partial charge is 0.261 e. The number of likely N-dealkylation sites (N-methyl/N-ethyl adjacent to an activating group) is 1. The van der Waals surface area contributed by atoms with E-state index >= 15 is 0 Å². The molecule has 0 aliphatic heterocycles. The van der Waals surface area contributed by atoms with E-state index < -0.39 is 41.1 Å². The van der Waals surface area contributed by atoms with Crippen molar-refractivity contribution < 1.29 is 38.5 Å². The lowest BCUT2D eigenvalue weighted by molar-refractivity contribution is -0.113. The molecular formula is C8H21NO8S. The molecule has 0 heterocycles. The summed E-state index contributed by atoms with van der Waals surface area (Å²) >= 11 is 0. The van der Waals surface area contributed by atoms with Crippen LogP contribution in [0.25, 0.3) is 0 Å². The van der Waals surface area contributed by atoms with Crippen molar-refractivity contribution in [2.45, 2.75) is 24.4 Å². The quantitative estimate of drug-likeness (QED) is 0.242. The van der Waals surface area contributed by atoms with Crippen LogP contribution < -0.4 is 5.32 Å². The zero-order valence-corrected chi connectivity index (χ0v) is 10.9. The summed E-state index contributed by atoms with van der Waals surface area (Å²) in [6.07, 6.45) is -4.93. The Morgan fingerprint density at radius 1 is 1.06 bits per heavy atom. The molecule has 10 heteroatoms. The molecule has 112 valence electrons. The van der Waals surface area contributed by atoms with E-state index in [-0.39, 0.29) is 6.54 Å². The molecule has 4 atom stereocenters. The average Bonchev–Trinajstić information content (AvgIpc) is 2.24. The highest BCUT2D eigenvalue weighted by Crippen LogP contribution is 2.04. The van der Waals surface area contributed by atoms with Crippen LogP contribution >= 0.6 is 0 Å². The molecule has 0 aliphatic carbocycles. The Balaban J connectivity index is 0. The largest absolute Gasteiger partial charge is 0.394 e. The Kier molecular flexibility index (Phi) is 10.6. The van der Waals surface area contributed by atoms with Crippen LogP contribution in [0.2, 0.25) is 0 Å². The van der Waals surface area contributed by atoms with E-state index in [1.165, 1.54) is 0 Å². The Bertz CT molecular complexity index is 287. The van der Waals surface area contributed by atoms with Crippen molar-refractivity contribution >= 4 is 10.1 Å². The van der Waals surface area contributed by atoms with E-state index in [4.69, 9.17) is 25.0 Å². The molecule has 0 aromatic carbocycles. The molecular weight excluding hydrogens is 270 g/mol. The molecule has 0 fully saturated rings. The zero-order valence-electron chi connectivity index (χ0n) is 10.1. The maximum Gasteiger partial charge on any atom is 0.261 e. The van der Waals surface area contributed by atoms with Gasteiger partial charge in [-0.1, -0.05) is 0 Å². The Morgan fingerprint density at radius 2 is 1.39 bits per heavy atom. The van der Waals surface area contributed by atoms with Gasteiger partial charge in [0.25, 0.3) is 10.1 Å². The summed E-state index contributed by atoms with van der Waals surface area (Å²) in [5.41, 5.74) is 0. The van der Waals surface area contributed by atoms with Gasteiger partial charge < -0.3 is 30.8 Å². The minimum atomic E-state index is -3.67. The fraction of sp³-hybridized carbons (Fsp3) is 1.00. The average molecular weight is 291 g/mol. The number of hydrogen-bond donors (Lipinski definition) is 7. The van der Waals surface area contributed by atoms with Gasteiger partial charge in [0.05, 0.1) is 19.0 Å². The normalized spacial score (nSPS) is 18.2. The third-order valence-electron chi connectivity index (χ3n) is 1.74. The van der Waals surface area contributed by atoms with Gasteiger partial charge in [-0.25, -0.2) is 0 Å². The second-order valence-electron chi connectivity index (χ2n) is 3.59. The highest BCUT2D eigenvalue weighted by atomic mass is 32.2. The van der Waals surface area contributed by atoms with Gasteiger partial charge >= 0.3 is 0 Å². The molecule has 0 bridgehead atoms. The molecule has 0 aromatic heterocycles. The molecule has 0 spiro atoms. The van der Waals surface area contributed by atoms with Crippen LogP contribution in [-0.4, -0.2) is 89.4 Å². The van der Waals surface area contributed by atoms with Gasteiger partial charge in [0.2, 0.25) is 0 Å². The number of nitrogens with one attached hydrogen (secondary N) is 1. The minimum Gasteiger partial charge on any atom is -0.394 e. The maximum atomic E-state index is 9.21. The van der Waals surface area contributed by atoms with Gasteiger partial charge in [-0.05, 0) is 7.05 Å². The van der Waals surface area contributed by atoms with Crippen LogP contribution in [0.1, 0.15) is 0 Å². The summed E-state index contributed by atoms with van der Waals surface area (Å²) in [6.45, 7) is -0.569. The van der Waals surface area contributed by atoms with Gasteiger partial charge in [0.1, 0.15) is 18.3 Å². The number of aliphatic hydroxyl groups excluding tert-OH is 5. The fourth-order valence-electron chi connectivity index (χ4n) is 0.893. The summed E-state index contributed by atoms with van der Waals surface area (Å²) in [5, 5.41) is 47.5. The SMILES string of the molecule is CNCC(O)C(O)C(O)C(O)CO.CS(=O)(=O)O. The molecule has 7 N–H and O–H groups in total. The molecule has 0 aromatic rings. The standard InChI is InChI=1S/C7H17NO5.CH4O3S/c1-8-2-4(10)6(12)7(13)5(11)3-9;1-5(2,3)4/h4-13H,2-3H2,1H3;1H3,(H,2,3,4). The first-order chi connectivity index (χ1) is 8.04. The summed E-state index contributed by atoms with van der Waals surface area (Å²) in [4.78, 5) is 0. The number of hydrogen-bond acceptors (Lipinski definition) is 8. The molecule has 0 amide bonds. The molecule has 0 rings (SSSR count). The van der Waals surface area contributed by atoms with E-state index in [0.717, 1.165) is 0 Å². The van der Waals surface area contributed by atoms with Gasteiger partial charge in [0.15, 0.2) is 0 Å². The van der Waals surface area contributed by atoms with Gasteiger partial charge in [0, 0.05) is 6.54 Å². The van der Waals surface area contributed by atoms with E-state index in [2.05, 4.69) is 5.32 Å². The molecule has 18 heavy (non-hydrogen) atoms. The van der Waals surface area contributed by atoms with Gasteiger partial charge in [-0.2, -0.15) is 8.42 Å². The monoisotopic (exact) mass is 291 g/mol. The maximum absolute atomic E-state index is 9.21. The van der Waals surface area contributed by atoms with Crippen molar-refractivity contribution in [2.24, 2.45) is 0 Å². The van der Waals surface area contributed by atoms with Crippen LogP contribution in [0.15, 0.2) is 0 Å². The molecule has 0 radical (unpaired) electrons. The topological polar surface area (TPSA) is 168 Å². The van der Waals surface area contributed by atoms with E-state index in [1.807, 2.05) is 0 Å². The van der Waals surface area contributed by atoms with E-state index in [1.54, 1.807) is 7.05 Å². The van der Waals surface area contributed by atoms with Gasteiger partial charge in [-0.15, -0.1) is 0 Å². The van der Waals surface area contributed by atoms with Crippen LogP contribution in [0, 0.1) is 0 Å². The van der Waals surface area contributed by atoms with Crippen molar-refractivity contribution in [3.8, 4) is 0 Å². The lowest BCUT2D eigenvalue weighted by Crippen LogP contribution is -2.48. The molecule has 4 unspecified atom stereocenters. The summed E-state index contributed by atoms with van der Waals surface area (Å²) in [6, 6.07) is 0. The first-order valence-corrected chi connectivity index (χ1v) is 6.79. The minimum absolute atomic E-state index is 0.0936. The number of rotatable bonds is 6.